The van der Waals surface area contributed by atoms with Crippen molar-refractivity contribution in [2.75, 3.05) is 18.1 Å². The van der Waals surface area contributed by atoms with Gasteiger partial charge in [0.15, 0.2) is 0 Å². The lowest BCUT2D eigenvalue weighted by Gasteiger charge is -2.33. The summed E-state index contributed by atoms with van der Waals surface area (Å²) in [5.74, 6) is 1.05. The van der Waals surface area contributed by atoms with E-state index < -0.39 is 0 Å². The van der Waals surface area contributed by atoms with Crippen LogP contribution in [0.5, 0.6) is 0 Å². The number of hydrogen-bond donors (Lipinski definition) is 0. The molecule has 0 spiro atoms. The van der Waals surface area contributed by atoms with E-state index in [1.165, 1.54) is 12.8 Å². The van der Waals surface area contributed by atoms with Crippen LogP contribution in [0.3, 0.4) is 0 Å². The molecule has 4 heteroatoms. The largest absolute Gasteiger partial charge is 0.378 e. The van der Waals surface area contributed by atoms with Gasteiger partial charge in [-0.05, 0) is 50.2 Å². The maximum Gasteiger partial charge on any atom is 0.230 e. The van der Waals surface area contributed by atoms with Gasteiger partial charge in [0.25, 0.3) is 0 Å². The van der Waals surface area contributed by atoms with Gasteiger partial charge in [-0.1, -0.05) is 13.3 Å². The van der Waals surface area contributed by atoms with Crippen LogP contribution in [0.25, 0.3) is 0 Å². The number of ether oxygens (including phenoxy) is 1. The highest BCUT2D eigenvalue weighted by Gasteiger charge is 2.34. The van der Waals surface area contributed by atoms with Gasteiger partial charge >= 0.3 is 0 Å². The predicted molar refractivity (Wildman–Crippen MR) is 86.7 cm³/mol. The molecule has 1 saturated heterocycles. The molecule has 2 atom stereocenters. The van der Waals surface area contributed by atoms with Gasteiger partial charge in [-0.15, -0.1) is 0 Å². The average molecular weight is 302 g/mol. The molecule has 120 valence electrons. The maximum atomic E-state index is 13.1. The normalized spacial score (nSPS) is 25.0. The smallest absolute Gasteiger partial charge is 0.230 e. The van der Waals surface area contributed by atoms with Crippen LogP contribution < -0.4 is 4.90 Å². The molecular formula is C18H26N2O2. The first kappa shape index (κ1) is 15.5. The van der Waals surface area contributed by atoms with Gasteiger partial charge in [0, 0.05) is 25.3 Å². The monoisotopic (exact) mass is 302 g/mol. The Labute approximate surface area is 132 Å². The summed E-state index contributed by atoms with van der Waals surface area (Å²) in [6, 6.07) is 3.91. The van der Waals surface area contributed by atoms with Crippen LogP contribution in [0, 0.1) is 11.8 Å². The molecular weight excluding hydrogens is 276 g/mol. The molecule has 3 rings (SSSR count). The first-order valence-corrected chi connectivity index (χ1v) is 8.61. The third-order valence-corrected chi connectivity index (χ3v) is 4.69. The van der Waals surface area contributed by atoms with E-state index in [1.54, 1.807) is 6.20 Å². The summed E-state index contributed by atoms with van der Waals surface area (Å²) >= 11 is 0. The fourth-order valence-corrected chi connectivity index (χ4v) is 3.24. The molecule has 1 aromatic rings. The van der Waals surface area contributed by atoms with Crippen molar-refractivity contribution >= 4 is 11.6 Å². The lowest BCUT2D eigenvalue weighted by Crippen LogP contribution is -2.41. The van der Waals surface area contributed by atoms with Crippen LogP contribution in [0.15, 0.2) is 24.5 Å². The van der Waals surface area contributed by atoms with Crippen LogP contribution in [0.1, 0.15) is 45.4 Å². The molecule has 2 fully saturated rings. The van der Waals surface area contributed by atoms with Gasteiger partial charge in [0.05, 0.1) is 18.0 Å². The van der Waals surface area contributed by atoms with Crippen LogP contribution >= 0.6 is 0 Å². The predicted octanol–water partition coefficient (Wildman–Crippen LogP) is 3.42. The number of aromatic nitrogens is 1. The molecule has 2 heterocycles. The fourth-order valence-electron chi connectivity index (χ4n) is 3.24. The number of amides is 1. The molecule has 0 bridgehead atoms. The molecule has 1 aromatic heterocycles. The zero-order chi connectivity index (χ0) is 15.4. The van der Waals surface area contributed by atoms with E-state index in [0.29, 0.717) is 12.5 Å². The van der Waals surface area contributed by atoms with Gasteiger partial charge < -0.3 is 9.64 Å². The minimum Gasteiger partial charge on any atom is -0.378 e. The second-order valence-electron chi connectivity index (χ2n) is 6.61. The fraction of sp³-hybridized carbons (Fsp3) is 0.667. The van der Waals surface area contributed by atoms with E-state index in [9.17, 15) is 4.79 Å². The molecule has 1 aliphatic carbocycles. The lowest BCUT2D eigenvalue weighted by atomic mass is 9.92. The van der Waals surface area contributed by atoms with Crippen molar-refractivity contribution in [2.24, 2.45) is 11.8 Å². The van der Waals surface area contributed by atoms with Crippen molar-refractivity contribution < 1.29 is 9.53 Å². The molecule has 22 heavy (non-hydrogen) atoms. The summed E-state index contributed by atoms with van der Waals surface area (Å²) < 4.78 is 5.79. The molecule has 0 N–H and O–H groups in total. The van der Waals surface area contributed by atoms with E-state index in [1.807, 2.05) is 23.2 Å². The van der Waals surface area contributed by atoms with Crippen molar-refractivity contribution in [2.45, 2.75) is 51.6 Å². The van der Waals surface area contributed by atoms with Gasteiger partial charge in [-0.2, -0.15) is 0 Å². The second kappa shape index (κ2) is 7.23. The quantitative estimate of drug-likeness (QED) is 0.808. The summed E-state index contributed by atoms with van der Waals surface area (Å²) in [4.78, 5) is 19.2. The average Bonchev–Trinajstić information content (AvgIpc) is 3.38. The van der Waals surface area contributed by atoms with Crippen molar-refractivity contribution in [3.63, 3.8) is 0 Å². The highest BCUT2D eigenvalue weighted by molar-refractivity contribution is 5.95. The number of carbonyl (C=O) groups excluding carboxylic acids is 1. The van der Waals surface area contributed by atoms with Gasteiger partial charge in [-0.25, -0.2) is 0 Å². The molecule has 1 aliphatic heterocycles. The summed E-state index contributed by atoms with van der Waals surface area (Å²) in [6.07, 6.45) is 10.2. The molecule has 0 radical (unpaired) electrons. The van der Waals surface area contributed by atoms with E-state index in [0.717, 1.165) is 37.9 Å². The van der Waals surface area contributed by atoms with Crippen molar-refractivity contribution in [1.82, 2.24) is 4.98 Å². The number of carbonyl (C=O) groups is 1. The van der Waals surface area contributed by atoms with E-state index >= 15 is 0 Å². The highest BCUT2D eigenvalue weighted by Crippen LogP contribution is 2.33. The summed E-state index contributed by atoms with van der Waals surface area (Å²) in [7, 11) is 0. The van der Waals surface area contributed by atoms with Crippen molar-refractivity contribution in [3.05, 3.63) is 24.5 Å². The lowest BCUT2D eigenvalue weighted by molar-refractivity contribution is -0.127. The van der Waals surface area contributed by atoms with E-state index in [2.05, 4.69) is 11.9 Å². The zero-order valence-electron chi connectivity index (χ0n) is 13.4. The standard InChI is InChI=1S/C18H26N2O2/c1-2-4-17-11-15(8-10-22-17)18(21)20(13-14-6-7-14)16-5-3-9-19-12-16/h3,5,9,12,14-15,17H,2,4,6-8,10-11,13H2,1H3/t15-,17-/m1/s1. The van der Waals surface area contributed by atoms with Crippen LogP contribution in [0.4, 0.5) is 5.69 Å². The Morgan fingerprint density at radius 1 is 1.41 bits per heavy atom. The Bertz CT molecular complexity index is 485. The van der Waals surface area contributed by atoms with Gasteiger partial charge in [0.1, 0.15) is 0 Å². The topological polar surface area (TPSA) is 42.4 Å². The SMILES string of the molecule is CCC[C@@H]1C[C@H](C(=O)N(CC2CC2)c2cccnc2)CCO1. The Morgan fingerprint density at radius 3 is 2.95 bits per heavy atom. The summed E-state index contributed by atoms with van der Waals surface area (Å²) in [5, 5.41) is 0. The van der Waals surface area contributed by atoms with Crippen molar-refractivity contribution in [3.8, 4) is 0 Å². The van der Waals surface area contributed by atoms with Crippen LogP contribution in [-0.2, 0) is 9.53 Å². The molecule has 1 amide bonds. The Balaban J connectivity index is 1.71. The zero-order valence-corrected chi connectivity index (χ0v) is 13.4. The molecule has 4 nitrogen and oxygen atoms in total. The van der Waals surface area contributed by atoms with E-state index in [-0.39, 0.29) is 17.9 Å². The first-order chi connectivity index (χ1) is 10.8. The Kier molecular flexibility index (Phi) is 5.08. The number of pyridine rings is 1. The van der Waals surface area contributed by atoms with Crippen LogP contribution in [0.2, 0.25) is 0 Å². The highest BCUT2D eigenvalue weighted by atomic mass is 16.5. The number of hydrogen-bond acceptors (Lipinski definition) is 3. The molecule has 1 saturated carbocycles. The number of nitrogens with zero attached hydrogens (tertiary/aromatic N) is 2. The van der Waals surface area contributed by atoms with Gasteiger partial charge in [0.2, 0.25) is 5.91 Å². The Hall–Kier alpha value is -1.42. The maximum absolute atomic E-state index is 13.1. The summed E-state index contributed by atoms with van der Waals surface area (Å²) in [6.45, 7) is 3.73. The second-order valence-corrected chi connectivity index (χ2v) is 6.61. The van der Waals surface area contributed by atoms with Crippen LogP contribution in [-0.4, -0.2) is 30.1 Å². The minimum absolute atomic E-state index is 0.101. The number of anilines is 1. The number of rotatable bonds is 6. The first-order valence-electron chi connectivity index (χ1n) is 8.61. The summed E-state index contributed by atoms with van der Waals surface area (Å²) in [5.41, 5.74) is 0.943. The third-order valence-electron chi connectivity index (χ3n) is 4.69. The molecule has 0 aromatic carbocycles. The minimum atomic E-state index is 0.101. The molecule has 0 unspecified atom stereocenters. The van der Waals surface area contributed by atoms with Gasteiger partial charge in [-0.3, -0.25) is 9.78 Å². The Morgan fingerprint density at radius 2 is 2.27 bits per heavy atom. The van der Waals surface area contributed by atoms with E-state index in [4.69, 9.17) is 4.74 Å². The third kappa shape index (κ3) is 3.86. The van der Waals surface area contributed by atoms with Crippen molar-refractivity contribution in [1.29, 1.82) is 0 Å². The molecule has 2 aliphatic rings.